The Labute approximate surface area is 141 Å². The quantitative estimate of drug-likeness (QED) is 0.756. The summed E-state index contributed by atoms with van der Waals surface area (Å²) in [4.78, 5) is 0. The van der Waals surface area contributed by atoms with Crippen LogP contribution in [0.1, 0.15) is 11.1 Å². The molecule has 0 heterocycles. The molecule has 0 spiro atoms. The van der Waals surface area contributed by atoms with Crippen LogP contribution in [0.25, 0.3) is 0 Å². The largest absolute Gasteiger partial charge is 0.326 e. The van der Waals surface area contributed by atoms with Crippen molar-refractivity contribution in [3.8, 4) is 0 Å². The number of rotatable bonds is 5. The fraction of sp³-hybridized carbons (Fsp3) is 0.143. The van der Waals surface area contributed by atoms with Crippen LogP contribution in [0.15, 0.2) is 51.4 Å². The first-order valence-electron chi connectivity index (χ1n) is 6.13. The molecule has 2 aromatic carbocycles. The van der Waals surface area contributed by atoms with Crippen molar-refractivity contribution >= 4 is 47.6 Å². The number of hydrogen-bond acceptors (Lipinski definition) is 3. The third-order valence-electron chi connectivity index (χ3n) is 2.81. The van der Waals surface area contributed by atoms with Crippen LogP contribution in [0.5, 0.6) is 0 Å². The van der Waals surface area contributed by atoms with E-state index in [1.807, 2.05) is 12.1 Å². The van der Waals surface area contributed by atoms with Gasteiger partial charge in [0.2, 0.25) is 10.0 Å². The first kappa shape index (κ1) is 16.5. The van der Waals surface area contributed by atoms with Gasteiger partial charge in [0, 0.05) is 15.5 Å². The summed E-state index contributed by atoms with van der Waals surface area (Å²) in [7, 11) is -3.47. The molecule has 0 atom stereocenters. The molecule has 112 valence electrons. The van der Waals surface area contributed by atoms with Crippen LogP contribution >= 0.6 is 31.9 Å². The second-order valence-electron chi connectivity index (χ2n) is 4.51. The Morgan fingerprint density at radius 3 is 2.19 bits per heavy atom. The zero-order valence-electron chi connectivity index (χ0n) is 11.0. The molecule has 3 N–H and O–H groups in total. The molecule has 0 aliphatic rings. The van der Waals surface area contributed by atoms with E-state index in [-0.39, 0.29) is 5.75 Å². The number of benzene rings is 2. The smallest absolute Gasteiger partial charge is 0.236 e. The molecule has 0 aromatic heterocycles. The number of nitrogens with one attached hydrogen (secondary N) is 1. The van der Waals surface area contributed by atoms with E-state index < -0.39 is 10.0 Å². The van der Waals surface area contributed by atoms with Crippen LogP contribution in [0.3, 0.4) is 0 Å². The minimum absolute atomic E-state index is 0.0830. The highest BCUT2D eigenvalue weighted by Crippen LogP contribution is 2.27. The fourth-order valence-corrected chi connectivity index (χ4v) is 4.26. The van der Waals surface area contributed by atoms with E-state index in [4.69, 9.17) is 5.73 Å². The summed E-state index contributed by atoms with van der Waals surface area (Å²) in [6, 6.07) is 12.5. The third kappa shape index (κ3) is 4.81. The number of nitrogens with two attached hydrogens (primary N) is 1. The van der Waals surface area contributed by atoms with E-state index in [0.29, 0.717) is 22.3 Å². The first-order chi connectivity index (χ1) is 9.89. The molecule has 0 aliphatic heterocycles. The van der Waals surface area contributed by atoms with E-state index in [1.54, 1.807) is 30.3 Å². The number of hydrogen-bond donors (Lipinski definition) is 2. The van der Waals surface area contributed by atoms with Gasteiger partial charge in [0.15, 0.2) is 0 Å². The lowest BCUT2D eigenvalue weighted by molar-refractivity contribution is 0.600. The Morgan fingerprint density at radius 2 is 1.62 bits per heavy atom. The van der Waals surface area contributed by atoms with Gasteiger partial charge < -0.3 is 5.73 Å². The van der Waals surface area contributed by atoms with Gasteiger partial charge in [-0.2, -0.15) is 0 Å². The van der Waals surface area contributed by atoms with Crippen LogP contribution in [-0.4, -0.2) is 8.42 Å². The summed E-state index contributed by atoms with van der Waals surface area (Å²) in [6.07, 6.45) is 0. The Morgan fingerprint density at radius 1 is 1.00 bits per heavy atom. The van der Waals surface area contributed by atoms with Crippen LogP contribution in [-0.2, 0) is 22.3 Å². The molecule has 0 unspecified atom stereocenters. The van der Waals surface area contributed by atoms with Gasteiger partial charge in [-0.15, -0.1) is 0 Å². The van der Waals surface area contributed by atoms with E-state index in [9.17, 15) is 8.42 Å². The van der Waals surface area contributed by atoms with Crippen molar-refractivity contribution in [3.05, 3.63) is 62.5 Å². The molecule has 2 rings (SSSR count). The van der Waals surface area contributed by atoms with Gasteiger partial charge in [0.1, 0.15) is 0 Å². The molecule has 0 amide bonds. The lowest BCUT2D eigenvalue weighted by Gasteiger charge is -2.10. The predicted octanol–water partition coefficient (Wildman–Crippen LogP) is 3.61. The van der Waals surface area contributed by atoms with E-state index >= 15 is 0 Å². The monoisotopic (exact) mass is 432 g/mol. The SMILES string of the molecule is NCc1ccc(CS(=O)(=O)Nc2ccc(Br)cc2Br)cc1. The minimum atomic E-state index is -3.47. The van der Waals surface area contributed by atoms with Gasteiger partial charge in [0.25, 0.3) is 0 Å². The van der Waals surface area contributed by atoms with Gasteiger partial charge in [0.05, 0.1) is 11.4 Å². The van der Waals surface area contributed by atoms with Crippen molar-refractivity contribution in [1.29, 1.82) is 0 Å². The maximum absolute atomic E-state index is 12.2. The fourth-order valence-electron chi connectivity index (χ4n) is 1.77. The predicted molar refractivity (Wildman–Crippen MR) is 92.4 cm³/mol. The summed E-state index contributed by atoms with van der Waals surface area (Å²) in [6.45, 7) is 0.442. The van der Waals surface area contributed by atoms with Gasteiger partial charge in [-0.3, -0.25) is 4.72 Å². The van der Waals surface area contributed by atoms with Gasteiger partial charge in [-0.25, -0.2) is 8.42 Å². The second-order valence-corrected chi connectivity index (χ2v) is 8.00. The van der Waals surface area contributed by atoms with Crippen molar-refractivity contribution in [3.63, 3.8) is 0 Å². The standard InChI is InChI=1S/C14H14Br2N2O2S/c15-12-5-6-14(13(16)7-12)18-21(19,20)9-11-3-1-10(8-17)2-4-11/h1-7,18H,8-9,17H2. The number of sulfonamides is 1. The summed E-state index contributed by atoms with van der Waals surface area (Å²) in [5.41, 5.74) is 7.72. The van der Waals surface area contributed by atoms with Gasteiger partial charge in [-0.05, 0) is 45.3 Å². The lowest BCUT2D eigenvalue weighted by Crippen LogP contribution is -2.15. The lowest BCUT2D eigenvalue weighted by atomic mass is 10.1. The minimum Gasteiger partial charge on any atom is -0.326 e. The van der Waals surface area contributed by atoms with Crippen LogP contribution in [0.4, 0.5) is 5.69 Å². The summed E-state index contributed by atoms with van der Waals surface area (Å²) in [5, 5.41) is 0. The highest BCUT2D eigenvalue weighted by atomic mass is 79.9. The normalized spacial score (nSPS) is 11.4. The van der Waals surface area contributed by atoms with Crippen LogP contribution < -0.4 is 10.5 Å². The Bertz CT molecular complexity index is 731. The van der Waals surface area contributed by atoms with Gasteiger partial charge >= 0.3 is 0 Å². The molecule has 4 nitrogen and oxygen atoms in total. The molecule has 0 bridgehead atoms. The molecule has 21 heavy (non-hydrogen) atoms. The average molecular weight is 434 g/mol. The average Bonchev–Trinajstić information content (AvgIpc) is 2.42. The molecule has 0 saturated carbocycles. The zero-order chi connectivity index (χ0) is 15.5. The summed E-state index contributed by atoms with van der Waals surface area (Å²) in [5.74, 6) is -0.0830. The summed E-state index contributed by atoms with van der Waals surface area (Å²) < 4.78 is 28.5. The van der Waals surface area contributed by atoms with Crippen LogP contribution in [0.2, 0.25) is 0 Å². The zero-order valence-corrected chi connectivity index (χ0v) is 15.0. The highest BCUT2D eigenvalue weighted by molar-refractivity contribution is 9.11. The molecular weight excluding hydrogens is 420 g/mol. The first-order valence-corrected chi connectivity index (χ1v) is 9.37. The van der Waals surface area contributed by atoms with Crippen molar-refractivity contribution in [2.24, 2.45) is 5.73 Å². The number of anilines is 1. The molecule has 0 aliphatic carbocycles. The highest BCUT2D eigenvalue weighted by Gasteiger charge is 2.13. The molecule has 0 radical (unpaired) electrons. The van der Waals surface area contributed by atoms with Crippen molar-refractivity contribution < 1.29 is 8.42 Å². The maximum Gasteiger partial charge on any atom is 0.236 e. The van der Waals surface area contributed by atoms with Crippen molar-refractivity contribution in [1.82, 2.24) is 0 Å². The Hall–Kier alpha value is -0.890. The van der Waals surface area contributed by atoms with Crippen molar-refractivity contribution in [2.45, 2.75) is 12.3 Å². The molecule has 7 heteroatoms. The summed E-state index contributed by atoms with van der Waals surface area (Å²) >= 11 is 6.66. The molecule has 2 aromatic rings. The second kappa shape index (κ2) is 6.91. The number of halogens is 2. The van der Waals surface area contributed by atoms with E-state index in [1.165, 1.54) is 0 Å². The van der Waals surface area contributed by atoms with Crippen LogP contribution in [0, 0.1) is 0 Å². The van der Waals surface area contributed by atoms with Crippen molar-refractivity contribution in [2.75, 3.05) is 4.72 Å². The van der Waals surface area contributed by atoms with Gasteiger partial charge in [-0.1, -0.05) is 40.2 Å². The molecular formula is C14H14Br2N2O2S. The Kier molecular flexibility index (Phi) is 5.43. The molecule has 0 saturated heterocycles. The van der Waals surface area contributed by atoms with E-state index in [2.05, 4.69) is 36.6 Å². The maximum atomic E-state index is 12.2. The van der Waals surface area contributed by atoms with E-state index in [0.717, 1.165) is 10.0 Å². The third-order valence-corrected chi connectivity index (χ3v) is 5.21. The topological polar surface area (TPSA) is 72.2 Å². The Balaban J connectivity index is 2.14. The molecule has 0 fully saturated rings.